The molecule has 0 saturated carbocycles. The summed E-state index contributed by atoms with van der Waals surface area (Å²) >= 11 is 17.6. The Morgan fingerprint density at radius 3 is 1.37 bits per heavy atom. The van der Waals surface area contributed by atoms with Crippen molar-refractivity contribution in [3.05, 3.63) is 0 Å². The first-order valence-electron chi connectivity index (χ1n) is 31.6. The lowest BCUT2D eigenvalue weighted by atomic mass is 9.96. The number of aliphatic hydroxyl groups excluding tert-OH is 2. The molecule has 3 unspecified atom stereocenters. The molecule has 0 bridgehead atoms. The van der Waals surface area contributed by atoms with E-state index in [1.54, 1.807) is 0 Å². The summed E-state index contributed by atoms with van der Waals surface area (Å²) in [7, 11) is 0. The van der Waals surface area contributed by atoms with Crippen molar-refractivity contribution < 1.29 is 72.5 Å². The Morgan fingerprint density at radius 2 is 0.963 bits per heavy atom. The van der Waals surface area contributed by atoms with Crippen molar-refractivity contribution in [3.8, 4) is 0 Å². The molecule has 1 saturated heterocycles. The van der Waals surface area contributed by atoms with Crippen LogP contribution < -0.4 is 10.6 Å². The van der Waals surface area contributed by atoms with Gasteiger partial charge in [-0.1, -0.05) is 242 Å². The number of alkyl halides is 3. The number of hydrogen-bond donors (Lipinski definition) is 5. The minimum Gasteiger partial charge on any atom is -0.481 e. The summed E-state index contributed by atoms with van der Waals surface area (Å²) < 4.78 is 32.8. The summed E-state index contributed by atoms with van der Waals surface area (Å²) in [5.74, 6) is -3.63. The zero-order valence-corrected chi connectivity index (χ0v) is 52.5. The first-order chi connectivity index (χ1) is 39.0. The number of ether oxygens (including phenoxy) is 6. The first-order valence-corrected chi connectivity index (χ1v) is 32.7. The Hall–Kier alpha value is -2.67. The van der Waals surface area contributed by atoms with Gasteiger partial charge < -0.3 is 54.4 Å². The minimum atomic E-state index is -2.03. The lowest BCUT2D eigenvalue weighted by Gasteiger charge is -2.43. The van der Waals surface area contributed by atoms with E-state index in [0.717, 1.165) is 122 Å². The number of alkyl carbamates (subject to hydrolysis) is 1. The Bertz CT molecular complexity index is 1640. The fourth-order valence-corrected chi connectivity index (χ4v) is 10.2. The second-order valence-corrected chi connectivity index (χ2v) is 24.9. The van der Waals surface area contributed by atoms with Crippen LogP contribution in [0.5, 0.6) is 0 Å². The molecule has 1 heterocycles. The van der Waals surface area contributed by atoms with E-state index in [4.69, 9.17) is 63.2 Å². The quantitative estimate of drug-likeness (QED) is 0.0165. The van der Waals surface area contributed by atoms with E-state index in [-0.39, 0.29) is 19.3 Å². The van der Waals surface area contributed by atoms with Crippen LogP contribution in [0.2, 0.25) is 0 Å². The maximum atomic E-state index is 14.0. The number of hydrogen-bond acceptors (Lipinski definition) is 14. The van der Waals surface area contributed by atoms with Crippen molar-refractivity contribution >= 4 is 70.7 Å². The molecule has 1 rings (SSSR count). The summed E-state index contributed by atoms with van der Waals surface area (Å²) in [6, 6.07) is -2.83. The average Bonchev–Trinajstić information content (AvgIpc) is 3.42. The molecule has 0 aromatic rings. The normalized spacial score (nSPS) is 18.4. The molecule has 5 N–H and O–H groups in total. The molecule has 20 heteroatoms. The third-order valence-corrected chi connectivity index (χ3v) is 15.0. The van der Waals surface area contributed by atoms with Gasteiger partial charge in [-0.25, -0.2) is 4.79 Å². The number of rotatable bonds is 52. The Kier molecular flexibility index (Phi) is 46.7. The molecule has 17 nitrogen and oxygen atoms in total. The SMILES string of the molecule is CCCCCCCCCCCC(CC(=O)NC(CO[C@@H]1O[C@H](CO)[C@@H](O)[C@H](OC(=O)CC(CCCCCCCCCCC)OC(=O)CCCCCCCCC)[C@H]1NC(=O)OCC(Cl)(Cl)Cl)CC(=O)O)OC(=O)CCCCCCCCC. The number of aliphatic carboxylic acids is 1. The van der Waals surface area contributed by atoms with E-state index in [2.05, 4.69) is 38.3 Å². The molecule has 1 aliphatic rings. The van der Waals surface area contributed by atoms with Crippen molar-refractivity contribution in [3.63, 3.8) is 0 Å². The van der Waals surface area contributed by atoms with Crippen molar-refractivity contribution in [1.29, 1.82) is 0 Å². The highest BCUT2D eigenvalue weighted by Crippen LogP contribution is 2.29. The molecule has 474 valence electrons. The number of esters is 3. The zero-order valence-electron chi connectivity index (χ0n) is 50.2. The highest BCUT2D eigenvalue weighted by Gasteiger charge is 2.49. The van der Waals surface area contributed by atoms with Gasteiger partial charge in [-0.2, -0.15) is 0 Å². The van der Waals surface area contributed by atoms with Gasteiger partial charge in [0, 0.05) is 12.8 Å². The van der Waals surface area contributed by atoms with E-state index < -0.39 is 121 Å². The third-order valence-electron chi connectivity index (χ3n) is 14.7. The number of carboxylic acid groups (broad SMARTS) is 1. The van der Waals surface area contributed by atoms with Gasteiger partial charge in [0.2, 0.25) is 9.70 Å². The summed E-state index contributed by atoms with van der Waals surface area (Å²) in [5, 5.41) is 37.1. The van der Waals surface area contributed by atoms with Gasteiger partial charge in [0.05, 0.1) is 38.5 Å². The molecule has 8 atom stereocenters. The third kappa shape index (κ3) is 41.9. The largest absolute Gasteiger partial charge is 0.481 e. The van der Waals surface area contributed by atoms with Gasteiger partial charge in [-0.05, 0) is 38.5 Å². The number of aliphatic hydroxyl groups is 2. The molecule has 1 fully saturated rings. The van der Waals surface area contributed by atoms with Crippen LogP contribution in [0.15, 0.2) is 0 Å². The maximum Gasteiger partial charge on any atom is 0.407 e. The molecule has 2 amide bonds. The van der Waals surface area contributed by atoms with Gasteiger partial charge in [-0.15, -0.1) is 0 Å². The van der Waals surface area contributed by atoms with E-state index in [1.807, 2.05) is 0 Å². The van der Waals surface area contributed by atoms with Gasteiger partial charge in [0.25, 0.3) is 0 Å². The van der Waals surface area contributed by atoms with E-state index >= 15 is 0 Å². The van der Waals surface area contributed by atoms with Crippen LogP contribution in [-0.4, -0.2) is 124 Å². The molecule has 81 heavy (non-hydrogen) atoms. The molecule has 1 aliphatic heterocycles. The number of carbonyl (C=O) groups is 6. The average molecular weight is 1220 g/mol. The summed E-state index contributed by atoms with van der Waals surface area (Å²) in [6.07, 6.45) is 24.0. The smallest absolute Gasteiger partial charge is 0.407 e. The molecule has 0 aromatic heterocycles. The van der Waals surface area contributed by atoms with E-state index in [1.165, 1.54) is 64.2 Å². The van der Waals surface area contributed by atoms with Gasteiger partial charge >= 0.3 is 30.0 Å². The fourth-order valence-electron chi connectivity index (χ4n) is 9.99. The molecular weight excluding hydrogens is 1110 g/mol. The second-order valence-electron chi connectivity index (χ2n) is 22.3. The fraction of sp³-hybridized carbons (Fsp3) is 0.902. The van der Waals surface area contributed by atoms with Gasteiger partial charge in [0.1, 0.15) is 37.1 Å². The molecule has 0 radical (unpaired) electrons. The highest BCUT2D eigenvalue weighted by atomic mass is 35.6. The lowest BCUT2D eigenvalue weighted by Crippen LogP contribution is -2.66. The minimum absolute atomic E-state index is 0.186. The Balaban J connectivity index is 3.33. The van der Waals surface area contributed by atoms with Crippen LogP contribution in [0.25, 0.3) is 0 Å². The number of halogens is 3. The summed E-state index contributed by atoms with van der Waals surface area (Å²) in [5.41, 5.74) is 0. The van der Waals surface area contributed by atoms with Crippen LogP contribution in [0.4, 0.5) is 4.79 Å². The molecule has 0 spiro atoms. The standard InChI is InChI=1S/C61H109Cl3N2O15/c1-5-9-13-17-21-23-27-29-33-37-48(78-53(71)39-35-31-25-19-15-11-7-3)42-51(68)65-47(41-52(69)70)45-76-59-56(66-60(75)77-46-61(62,63)64)58(57(74)50(44-67)80-59)81-55(73)43-49(38-34-30-28-24-22-18-14-10-6-2)79-54(72)40-36-32-26-20-16-12-8-4/h47-50,56-59,67,74H,5-46H2,1-4H3,(H,65,68)(H,66,75)(H,69,70)/t47?,48?,49?,50-,56-,57-,58-,59-/m1/s1. The predicted molar refractivity (Wildman–Crippen MR) is 318 cm³/mol. The number of unbranched alkanes of at least 4 members (excludes halogenated alkanes) is 28. The van der Waals surface area contributed by atoms with Crippen LogP contribution in [0.3, 0.4) is 0 Å². The number of amides is 2. The van der Waals surface area contributed by atoms with Crippen molar-refractivity contribution in [2.24, 2.45) is 0 Å². The van der Waals surface area contributed by atoms with Crippen LogP contribution in [-0.2, 0) is 52.4 Å². The highest BCUT2D eigenvalue weighted by molar-refractivity contribution is 6.67. The monoisotopic (exact) mass is 1210 g/mol. The van der Waals surface area contributed by atoms with Crippen LogP contribution in [0.1, 0.15) is 278 Å². The second kappa shape index (κ2) is 49.6. The Morgan fingerprint density at radius 1 is 0.556 bits per heavy atom. The molecule has 0 aromatic carbocycles. The van der Waals surface area contributed by atoms with Crippen molar-refractivity contribution in [1.82, 2.24) is 10.6 Å². The van der Waals surface area contributed by atoms with Gasteiger partial charge in [-0.3, -0.25) is 24.0 Å². The predicted octanol–water partition coefficient (Wildman–Crippen LogP) is 14.1. The van der Waals surface area contributed by atoms with E-state index in [0.29, 0.717) is 32.1 Å². The van der Waals surface area contributed by atoms with Crippen molar-refractivity contribution in [2.75, 3.05) is 19.8 Å². The number of carboxylic acids is 1. The van der Waals surface area contributed by atoms with Crippen LogP contribution in [0, 0.1) is 0 Å². The lowest BCUT2D eigenvalue weighted by molar-refractivity contribution is -0.274. The summed E-state index contributed by atoms with van der Waals surface area (Å²) in [4.78, 5) is 79.6. The van der Waals surface area contributed by atoms with E-state index in [9.17, 15) is 44.1 Å². The first kappa shape index (κ1) is 76.3. The molecular formula is C61H109Cl3N2O15. The number of nitrogens with one attached hydrogen (secondary N) is 2. The topological polar surface area (TPSA) is 243 Å². The van der Waals surface area contributed by atoms with Crippen molar-refractivity contribution in [2.45, 2.75) is 331 Å². The zero-order chi connectivity index (χ0) is 59.9. The Labute approximate surface area is 502 Å². The molecule has 0 aliphatic carbocycles. The van der Waals surface area contributed by atoms with Crippen LogP contribution >= 0.6 is 34.8 Å². The maximum absolute atomic E-state index is 14.0. The summed E-state index contributed by atoms with van der Waals surface area (Å²) in [6.45, 7) is 6.59. The van der Waals surface area contributed by atoms with Gasteiger partial charge in [0.15, 0.2) is 12.4 Å². The number of carbonyl (C=O) groups excluding carboxylic acids is 5.